The number of ketones is 1. The van der Waals surface area contributed by atoms with Gasteiger partial charge < -0.3 is 5.11 Å². The Morgan fingerprint density at radius 3 is 2.41 bits per heavy atom. The van der Waals surface area contributed by atoms with Gasteiger partial charge in [-0.3, -0.25) is 4.79 Å². The summed E-state index contributed by atoms with van der Waals surface area (Å²) in [5, 5.41) is 9.65. The first kappa shape index (κ1) is 18.9. The lowest BCUT2D eigenvalue weighted by Crippen LogP contribution is -2.21. The van der Waals surface area contributed by atoms with Gasteiger partial charge in [-0.25, -0.2) is 0 Å². The van der Waals surface area contributed by atoms with Crippen molar-refractivity contribution < 1.29 is 9.90 Å². The van der Waals surface area contributed by atoms with Gasteiger partial charge in [0.2, 0.25) is 0 Å². The lowest BCUT2D eigenvalue weighted by atomic mass is 9.83. The molecule has 1 saturated carbocycles. The summed E-state index contributed by atoms with van der Waals surface area (Å²) >= 11 is 0. The van der Waals surface area contributed by atoms with Gasteiger partial charge in [0.25, 0.3) is 0 Å². The van der Waals surface area contributed by atoms with Crippen molar-refractivity contribution in [2.24, 2.45) is 11.8 Å². The average molecular weight is 304 g/mol. The van der Waals surface area contributed by atoms with E-state index in [1.54, 1.807) is 0 Å². The standard InChI is InChI=1S/C10H14O.C10H18O/c1-7(2)9-5-4-8(3)10(11)6-9;1-7(2)9-5-4-8(3)6-10(9)11/h4,9H,1,5-6H2,2-3H3;8,10-11H,4-6H2,1-3H3/t;8-,10-/m.1/s1. The van der Waals surface area contributed by atoms with Gasteiger partial charge in [0.15, 0.2) is 5.78 Å². The SMILES string of the molecule is C=C(C)C1CC=C(C)C(=O)C1.CC(C)=C1CC[C@@H](C)C[C@H]1O. The van der Waals surface area contributed by atoms with E-state index in [1.807, 2.05) is 19.9 Å². The minimum atomic E-state index is -0.149. The Labute approximate surface area is 136 Å². The number of rotatable bonds is 1. The van der Waals surface area contributed by atoms with Crippen LogP contribution in [0.1, 0.15) is 66.7 Å². The number of allylic oxidation sites excluding steroid dienone is 4. The summed E-state index contributed by atoms with van der Waals surface area (Å²) < 4.78 is 0. The summed E-state index contributed by atoms with van der Waals surface area (Å²) in [4.78, 5) is 11.2. The number of Topliss-reactive ketones (excluding diaryl/α,β-unsaturated/α-hetero) is 1. The van der Waals surface area contributed by atoms with Crippen LogP contribution in [0.5, 0.6) is 0 Å². The molecular weight excluding hydrogens is 272 g/mol. The molecule has 1 N–H and O–H groups in total. The van der Waals surface area contributed by atoms with E-state index < -0.39 is 0 Å². The van der Waals surface area contributed by atoms with Crippen LogP contribution in [0.4, 0.5) is 0 Å². The van der Waals surface area contributed by atoms with Crippen LogP contribution in [0.3, 0.4) is 0 Å². The van der Waals surface area contributed by atoms with Gasteiger partial charge in [-0.05, 0) is 76.4 Å². The second-order valence-corrected chi connectivity index (χ2v) is 7.21. The molecule has 2 aliphatic carbocycles. The third-order valence-corrected chi connectivity index (χ3v) is 4.85. The second-order valence-electron chi connectivity index (χ2n) is 7.21. The highest BCUT2D eigenvalue weighted by Gasteiger charge is 2.21. The Morgan fingerprint density at radius 2 is 1.95 bits per heavy atom. The molecule has 0 aromatic carbocycles. The van der Waals surface area contributed by atoms with Crippen molar-refractivity contribution in [3.05, 3.63) is 34.9 Å². The normalized spacial score (nSPS) is 28.5. The van der Waals surface area contributed by atoms with Crippen molar-refractivity contribution in [3.63, 3.8) is 0 Å². The fraction of sp³-hybridized carbons (Fsp3) is 0.650. The van der Waals surface area contributed by atoms with Crippen LogP contribution in [0.25, 0.3) is 0 Å². The first-order valence-electron chi connectivity index (χ1n) is 8.42. The van der Waals surface area contributed by atoms with Crippen LogP contribution in [0, 0.1) is 11.8 Å². The third kappa shape index (κ3) is 5.57. The van der Waals surface area contributed by atoms with Gasteiger partial charge in [-0.2, -0.15) is 0 Å². The highest BCUT2D eigenvalue weighted by Crippen LogP contribution is 2.30. The van der Waals surface area contributed by atoms with Crippen molar-refractivity contribution >= 4 is 5.78 Å². The van der Waals surface area contributed by atoms with Crippen molar-refractivity contribution in [1.82, 2.24) is 0 Å². The predicted octanol–water partition coefficient (Wildman–Crippen LogP) is 4.99. The van der Waals surface area contributed by atoms with Crippen molar-refractivity contribution in [2.45, 2.75) is 72.8 Å². The zero-order valence-electron chi connectivity index (χ0n) is 14.9. The molecule has 124 valence electrons. The Kier molecular flexibility index (Phi) is 7.28. The van der Waals surface area contributed by atoms with Crippen LogP contribution >= 0.6 is 0 Å². The van der Waals surface area contributed by atoms with E-state index >= 15 is 0 Å². The summed E-state index contributed by atoms with van der Waals surface area (Å²) in [6.45, 7) is 14.1. The maximum absolute atomic E-state index is 11.2. The molecule has 22 heavy (non-hydrogen) atoms. The van der Waals surface area contributed by atoms with E-state index in [2.05, 4.69) is 27.4 Å². The molecule has 0 saturated heterocycles. The Morgan fingerprint density at radius 1 is 1.32 bits per heavy atom. The molecule has 0 heterocycles. The molecule has 1 fully saturated rings. The lowest BCUT2D eigenvalue weighted by molar-refractivity contribution is -0.116. The van der Waals surface area contributed by atoms with E-state index in [0.29, 0.717) is 18.3 Å². The number of carbonyl (C=O) groups is 1. The quantitative estimate of drug-likeness (QED) is 0.693. The van der Waals surface area contributed by atoms with Gasteiger partial charge in [0, 0.05) is 6.42 Å². The van der Waals surface area contributed by atoms with Gasteiger partial charge in [0.05, 0.1) is 6.10 Å². The molecule has 2 nitrogen and oxygen atoms in total. The van der Waals surface area contributed by atoms with Crippen molar-refractivity contribution in [1.29, 1.82) is 0 Å². The molecule has 3 atom stereocenters. The van der Waals surface area contributed by atoms with E-state index in [9.17, 15) is 9.90 Å². The molecule has 1 unspecified atom stereocenters. The second kappa shape index (κ2) is 8.47. The molecule has 0 aromatic rings. The minimum absolute atomic E-state index is 0.149. The van der Waals surface area contributed by atoms with E-state index in [1.165, 1.54) is 17.6 Å². The first-order valence-corrected chi connectivity index (χ1v) is 8.42. The molecule has 0 radical (unpaired) electrons. The van der Waals surface area contributed by atoms with Crippen LogP contribution in [0.15, 0.2) is 34.9 Å². The molecule has 2 rings (SSSR count). The summed E-state index contributed by atoms with van der Waals surface area (Å²) in [6, 6.07) is 0. The Hall–Kier alpha value is -1.15. The zero-order valence-corrected chi connectivity index (χ0v) is 14.9. The number of hydrogen-bond donors (Lipinski definition) is 1. The highest BCUT2D eigenvalue weighted by atomic mass is 16.3. The van der Waals surface area contributed by atoms with Crippen LogP contribution in [-0.2, 0) is 4.79 Å². The Balaban J connectivity index is 0.000000220. The lowest BCUT2D eigenvalue weighted by Gasteiger charge is -2.26. The minimum Gasteiger partial charge on any atom is -0.389 e. The summed E-state index contributed by atoms with van der Waals surface area (Å²) in [7, 11) is 0. The molecule has 2 aliphatic rings. The fourth-order valence-electron chi connectivity index (χ4n) is 3.07. The maximum Gasteiger partial charge on any atom is 0.158 e. The van der Waals surface area contributed by atoms with Gasteiger partial charge in [-0.1, -0.05) is 30.7 Å². The summed E-state index contributed by atoms with van der Waals surface area (Å²) in [6.07, 6.45) is 6.84. The molecule has 0 bridgehead atoms. The molecule has 0 aromatic heterocycles. The summed E-state index contributed by atoms with van der Waals surface area (Å²) in [5.74, 6) is 1.38. The topological polar surface area (TPSA) is 37.3 Å². The Bertz CT molecular complexity index is 478. The largest absolute Gasteiger partial charge is 0.389 e. The molecule has 0 amide bonds. The molecule has 2 heteroatoms. The van der Waals surface area contributed by atoms with Crippen molar-refractivity contribution in [3.8, 4) is 0 Å². The zero-order chi connectivity index (χ0) is 16.9. The van der Waals surface area contributed by atoms with E-state index in [-0.39, 0.29) is 11.9 Å². The number of hydrogen-bond acceptors (Lipinski definition) is 2. The fourth-order valence-corrected chi connectivity index (χ4v) is 3.07. The van der Waals surface area contributed by atoms with Gasteiger partial charge in [-0.15, -0.1) is 0 Å². The van der Waals surface area contributed by atoms with Gasteiger partial charge in [0.1, 0.15) is 0 Å². The van der Waals surface area contributed by atoms with E-state index in [4.69, 9.17) is 0 Å². The van der Waals surface area contributed by atoms with Crippen molar-refractivity contribution in [2.75, 3.05) is 0 Å². The maximum atomic E-state index is 11.2. The highest BCUT2D eigenvalue weighted by molar-refractivity contribution is 5.95. The molecule has 0 spiro atoms. The number of aliphatic hydroxyl groups is 1. The average Bonchev–Trinajstić information content (AvgIpc) is 2.41. The van der Waals surface area contributed by atoms with Gasteiger partial charge >= 0.3 is 0 Å². The third-order valence-electron chi connectivity index (χ3n) is 4.85. The number of aliphatic hydroxyl groups excluding tert-OH is 1. The van der Waals surface area contributed by atoms with Crippen LogP contribution in [0.2, 0.25) is 0 Å². The van der Waals surface area contributed by atoms with E-state index in [0.717, 1.165) is 30.4 Å². The van der Waals surface area contributed by atoms with Crippen LogP contribution < -0.4 is 0 Å². The predicted molar refractivity (Wildman–Crippen MR) is 93.7 cm³/mol. The number of carbonyl (C=O) groups excluding carboxylic acids is 1. The smallest absolute Gasteiger partial charge is 0.158 e. The van der Waals surface area contributed by atoms with Crippen LogP contribution in [-0.4, -0.2) is 17.0 Å². The monoisotopic (exact) mass is 304 g/mol. The molecule has 0 aliphatic heterocycles. The first-order chi connectivity index (χ1) is 10.2. The summed E-state index contributed by atoms with van der Waals surface area (Å²) in [5.41, 5.74) is 4.64. The molecular formula is C20H32O2.